The van der Waals surface area contributed by atoms with Crippen molar-refractivity contribution in [3.8, 4) is 0 Å². The van der Waals surface area contributed by atoms with Gasteiger partial charge in [-0.25, -0.2) is 4.79 Å². The molecule has 1 aromatic carbocycles. The average molecular weight is 537 g/mol. The van der Waals surface area contributed by atoms with Crippen molar-refractivity contribution in [3.63, 3.8) is 0 Å². The van der Waals surface area contributed by atoms with Crippen molar-refractivity contribution in [3.05, 3.63) is 59.7 Å². The Bertz CT molecular complexity index is 1210. The quantitative estimate of drug-likeness (QED) is 0.388. The highest BCUT2D eigenvalue weighted by Crippen LogP contribution is 2.66. The minimum absolute atomic E-state index is 0.0120. The first-order valence-corrected chi connectivity index (χ1v) is 14.0. The van der Waals surface area contributed by atoms with Crippen LogP contribution in [0.1, 0.15) is 71.0 Å². The summed E-state index contributed by atoms with van der Waals surface area (Å²) in [6.45, 7) is 6.18. The summed E-state index contributed by atoms with van der Waals surface area (Å²) in [5.41, 5.74) is 1.68. The lowest BCUT2D eigenvalue weighted by Gasteiger charge is -2.58. The number of hydrogen-bond donors (Lipinski definition) is 4. The molecule has 0 spiro atoms. The molecule has 0 unspecified atom stereocenters. The Balaban J connectivity index is 1.21. The number of rotatable bonds is 7. The summed E-state index contributed by atoms with van der Waals surface area (Å²) < 4.78 is 0. The number of carboxylic acid groups (broad SMARTS) is 1. The molecule has 3 saturated carbocycles. The predicted octanol–water partition coefficient (Wildman–Crippen LogP) is 4.15. The third kappa shape index (κ3) is 4.82. The van der Waals surface area contributed by atoms with Gasteiger partial charge >= 0.3 is 5.97 Å². The maximum atomic E-state index is 12.4. The predicted molar refractivity (Wildman–Crippen MR) is 147 cm³/mol. The van der Waals surface area contributed by atoms with E-state index in [2.05, 4.69) is 36.5 Å². The largest absolute Gasteiger partial charge is 0.480 e. The Labute approximate surface area is 229 Å². The second-order valence-corrected chi connectivity index (χ2v) is 12.5. The summed E-state index contributed by atoms with van der Waals surface area (Å²) in [6.07, 6.45) is 11.0. The number of hydrogen-bond acceptors (Lipinski definition) is 6. The van der Waals surface area contributed by atoms with Gasteiger partial charge in [0.25, 0.3) is 5.91 Å². The van der Waals surface area contributed by atoms with E-state index < -0.39 is 36.2 Å². The molecule has 0 heterocycles. The molecule has 0 bridgehead atoms. The molecule has 4 aliphatic carbocycles. The molecule has 0 aromatic heterocycles. The van der Waals surface area contributed by atoms with E-state index in [1.807, 2.05) is 13.0 Å². The van der Waals surface area contributed by atoms with Crippen molar-refractivity contribution in [2.75, 3.05) is 6.61 Å². The SMILES string of the molecule is C[C@]12C=C/C(=N/OCC(=O)N[C@H](C(=O)O)[C@H](O)c3ccccc3)C=C1CC[C@@H]1[C@@H]2CC[C@@]2(C)[C@H]1CC[C@]2(C)O. The molecule has 4 N–H and O–H groups in total. The summed E-state index contributed by atoms with van der Waals surface area (Å²) in [5.74, 6) is -0.360. The van der Waals surface area contributed by atoms with E-state index in [9.17, 15) is 24.9 Å². The zero-order chi connectivity index (χ0) is 28.0. The first-order valence-electron chi connectivity index (χ1n) is 14.0. The normalized spacial score (nSPS) is 37.6. The van der Waals surface area contributed by atoms with E-state index in [0.717, 1.165) is 38.5 Å². The van der Waals surface area contributed by atoms with Crippen molar-refractivity contribution in [2.45, 2.75) is 77.0 Å². The van der Waals surface area contributed by atoms with Crippen molar-refractivity contribution in [2.24, 2.45) is 33.7 Å². The highest BCUT2D eigenvalue weighted by Gasteiger charge is 2.62. The number of carbonyl (C=O) groups is 2. The number of carbonyl (C=O) groups excluding carboxylic acids is 1. The van der Waals surface area contributed by atoms with Crippen LogP contribution in [0.5, 0.6) is 0 Å². The number of aliphatic carboxylic acids is 1. The van der Waals surface area contributed by atoms with Gasteiger partial charge in [0, 0.05) is 5.41 Å². The molecule has 1 aromatic rings. The first kappa shape index (κ1) is 27.6. The Morgan fingerprint density at radius 3 is 2.54 bits per heavy atom. The van der Waals surface area contributed by atoms with Crippen LogP contribution in [0, 0.1) is 28.6 Å². The molecule has 0 aliphatic heterocycles. The van der Waals surface area contributed by atoms with Gasteiger partial charge in [-0.05, 0) is 86.3 Å². The van der Waals surface area contributed by atoms with Gasteiger partial charge in [-0.1, -0.05) is 61.0 Å². The van der Waals surface area contributed by atoms with Crippen molar-refractivity contribution in [1.29, 1.82) is 0 Å². The molecule has 8 nitrogen and oxygen atoms in total. The highest BCUT2D eigenvalue weighted by atomic mass is 16.6. The number of aliphatic hydroxyl groups is 2. The van der Waals surface area contributed by atoms with Crippen molar-refractivity contribution >= 4 is 17.6 Å². The van der Waals surface area contributed by atoms with Crippen LogP contribution < -0.4 is 5.32 Å². The molecule has 8 atom stereocenters. The molecular formula is C31H40N2O6. The van der Waals surface area contributed by atoms with Gasteiger partial charge in [0.2, 0.25) is 0 Å². The van der Waals surface area contributed by atoms with Crippen LogP contribution in [0.4, 0.5) is 0 Å². The fourth-order valence-corrected chi connectivity index (χ4v) is 8.01. The van der Waals surface area contributed by atoms with Crippen LogP contribution in [0.15, 0.2) is 59.3 Å². The van der Waals surface area contributed by atoms with Crippen LogP contribution in [-0.4, -0.2) is 51.2 Å². The molecule has 4 aliphatic rings. The third-order valence-corrected chi connectivity index (χ3v) is 10.5. The lowest BCUT2D eigenvalue weighted by Crippen LogP contribution is -2.53. The lowest BCUT2D eigenvalue weighted by molar-refractivity contribution is -0.146. The van der Waals surface area contributed by atoms with Gasteiger partial charge in [-0.15, -0.1) is 0 Å². The zero-order valence-electron chi connectivity index (χ0n) is 23.0. The fourth-order valence-electron chi connectivity index (χ4n) is 8.01. The second kappa shape index (κ2) is 10.2. The van der Waals surface area contributed by atoms with Crippen molar-refractivity contribution < 1.29 is 29.7 Å². The van der Waals surface area contributed by atoms with Crippen molar-refractivity contribution in [1.82, 2.24) is 5.32 Å². The Kier molecular flexibility index (Phi) is 7.22. The molecule has 3 fully saturated rings. The summed E-state index contributed by atoms with van der Waals surface area (Å²) in [7, 11) is 0. The highest BCUT2D eigenvalue weighted by molar-refractivity contribution is 6.05. The molecule has 210 valence electrons. The van der Waals surface area contributed by atoms with E-state index >= 15 is 0 Å². The van der Waals surface area contributed by atoms with Gasteiger partial charge in [0.15, 0.2) is 12.6 Å². The van der Waals surface area contributed by atoms with Crippen LogP contribution in [0.2, 0.25) is 0 Å². The van der Waals surface area contributed by atoms with E-state index in [-0.39, 0.29) is 10.8 Å². The monoisotopic (exact) mass is 536 g/mol. The topological polar surface area (TPSA) is 128 Å². The number of oxime groups is 1. The Morgan fingerprint density at radius 1 is 1.10 bits per heavy atom. The molecule has 0 saturated heterocycles. The number of aliphatic hydroxyl groups excluding tert-OH is 1. The molecular weight excluding hydrogens is 496 g/mol. The number of nitrogens with one attached hydrogen (secondary N) is 1. The van der Waals surface area contributed by atoms with Crippen LogP contribution in [0.25, 0.3) is 0 Å². The van der Waals surface area contributed by atoms with E-state index in [4.69, 9.17) is 4.84 Å². The second-order valence-electron chi connectivity index (χ2n) is 12.5. The summed E-state index contributed by atoms with van der Waals surface area (Å²) >= 11 is 0. The summed E-state index contributed by atoms with van der Waals surface area (Å²) in [4.78, 5) is 29.4. The third-order valence-electron chi connectivity index (χ3n) is 10.5. The standard InChI is InChI=1S/C31H40N2O6/c1-29-14-11-21(33-39-18-25(34)32-26(28(36)37)27(35)19-7-5-4-6-8-19)17-20(29)9-10-22-23(29)12-15-30(2)24(22)13-16-31(30,3)38/h4-8,11,14,17,22-24,26-27,35,38H,9-10,12-13,15-16,18H2,1-3H3,(H,32,34)(H,36,37)/b33-21-/t22-,23+,24+,26+,27-,29+,30+,31+/m1/s1. The number of carboxylic acids is 1. The van der Waals surface area contributed by atoms with E-state index in [1.54, 1.807) is 30.3 Å². The smallest absolute Gasteiger partial charge is 0.329 e. The summed E-state index contributed by atoms with van der Waals surface area (Å²) in [6, 6.07) is 6.82. The lowest BCUT2D eigenvalue weighted by atomic mass is 9.47. The zero-order valence-corrected chi connectivity index (χ0v) is 23.0. The number of amides is 1. The van der Waals surface area contributed by atoms with Gasteiger partial charge in [0.05, 0.1) is 5.60 Å². The summed E-state index contributed by atoms with van der Waals surface area (Å²) in [5, 5.41) is 37.5. The molecule has 1 amide bonds. The van der Waals surface area contributed by atoms with Crippen LogP contribution in [-0.2, 0) is 14.4 Å². The molecule has 39 heavy (non-hydrogen) atoms. The average Bonchev–Trinajstić information content (AvgIpc) is 3.16. The van der Waals surface area contributed by atoms with Gasteiger partial charge in [-0.2, -0.15) is 0 Å². The molecule has 5 rings (SSSR count). The number of benzene rings is 1. The van der Waals surface area contributed by atoms with Crippen LogP contribution >= 0.6 is 0 Å². The van der Waals surface area contributed by atoms with Crippen LogP contribution in [0.3, 0.4) is 0 Å². The first-order chi connectivity index (χ1) is 18.5. The molecule has 8 heteroatoms. The molecule has 0 radical (unpaired) electrons. The van der Waals surface area contributed by atoms with E-state index in [1.165, 1.54) is 5.57 Å². The Morgan fingerprint density at radius 2 is 1.82 bits per heavy atom. The fraction of sp³-hybridized carbons (Fsp3) is 0.581. The van der Waals surface area contributed by atoms with Gasteiger partial charge in [-0.3, -0.25) is 4.79 Å². The minimum Gasteiger partial charge on any atom is -0.480 e. The maximum Gasteiger partial charge on any atom is 0.329 e. The number of fused-ring (bicyclic) bond motifs is 5. The van der Waals surface area contributed by atoms with E-state index in [0.29, 0.717) is 29.0 Å². The van der Waals surface area contributed by atoms with Gasteiger partial charge in [0.1, 0.15) is 11.8 Å². The van der Waals surface area contributed by atoms with Gasteiger partial charge < -0.3 is 25.5 Å². The number of allylic oxidation sites excluding steroid dienone is 4. The Hall–Kier alpha value is -2.97. The number of nitrogens with zero attached hydrogens (tertiary/aromatic N) is 1. The maximum absolute atomic E-state index is 12.4. The minimum atomic E-state index is -1.51.